The van der Waals surface area contributed by atoms with E-state index in [0.29, 0.717) is 23.1 Å². The van der Waals surface area contributed by atoms with Gasteiger partial charge in [-0.15, -0.1) is 0 Å². The van der Waals surface area contributed by atoms with Gasteiger partial charge in [-0.25, -0.2) is 4.79 Å². The lowest BCUT2D eigenvalue weighted by molar-refractivity contribution is 0.0517. The smallest absolute Gasteiger partial charge is 0.358 e. The quantitative estimate of drug-likeness (QED) is 0.856. The third-order valence-electron chi connectivity index (χ3n) is 2.40. The normalized spacial score (nSPS) is 10.5. The molecule has 0 saturated heterocycles. The molecule has 0 amide bonds. The zero-order chi connectivity index (χ0) is 12.4. The van der Waals surface area contributed by atoms with Crippen molar-refractivity contribution in [2.45, 2.75) is 6.92 Å². The van der Waals surface area contributed by atoms with Gasteiger partial charge in [0.25, 0.3) is 0 Å². The van der Waals surface area contributed by atoms with Gasteiger partial charge in [-0.3, -0.25) is 0 Å². The van der Waals surface area contributed by atoms with Crippen LogP contribution in [0.5, 0.6) is 5.75 Å². The Bertz CT molecular complexity index is 562. The number of carbonyl (C=O) groups excluding carboxylic acids is 1. The molecule has 0 atom stereocenters. The topological polar surface area (TPSA) is 51.3 Å². The van der Waals surface area contributed by atoms with Crippen molar-refractivity contribution in [3.8, 4) is 5.75 Å². The van der Waals surface area contributed by atoms with Crippen LogP contribution in [0.4, 0.5) is 0 Å². The number of hydrogen-bond donors (Lipinski definition) is 1. The van der Waals surface area contributed by atoms with Crippen LogP contribution < -0.4 is 4.74 Å². The van der Waals surface area contributed by atoms with Crippen molar-refractivity contribution >= 4 is 28.5 Å². The average Bonchev–Trinajstić information content (AvgIpc) is 2.66. The summed E-state index contributed by atoms with van der Waals surface area (Å²) >= 11 is 5.89. The van der Waals surface area contributed by atoms with E-state index in [2.05, 4.69) is 4.98 Å². The number of ether oxygens (including phenoxy) is 2. The lowest BCUT2D eigenvalue weighted by atomic mass is 10.2. The predicted octanol–water partition coefficient (Wildman–Crippen LogP) is 3.01. The molecule has 0 spiro atoms. The van der Waals surface area contributed by atoms with Crippen LogP contribution in [0.1, 0.15) is 17.4 Å². The molecule has 2 aromatic rings. The summed E-state index contributed by atoms with van der Waals surface area (Å²) in [7, 11) is 1.51. The molecule has 1 aromatic heterocycles. The van der Waals surface area contributed by atoms with Crippen molar-refractivity contribution in [1.29, 1.82) is 0 Å². The minimum Gasteiger partial charge on any atom is -0.494 e. The second-order valence-corrected chi connectivity index (χ2v) is 3.88. The summed E-state index contributed by atoms with van der Waals surface area (Å²) in [6.07, 6.45) is 0. The zero-order valence-electron chi connectivity index (χ0n) is 9.54. The maximum atomic E-state index is 11.7. The molecule has 0 aliphatic heterocycles. The van der Waals surface area contributed by atoms with E-state index in [1.807, 2.05) is 0 Å². The van der Waals surface area contributed by atoms with Crippen LogP contribution in [0.15, 0.2) is 18.2 Å². The van der Waals surface area contributed by atoms with Gasteiger partial charge < -0.3 is 14.5 Å². The number of rotatable bonds is 3. The summed E-state index contributed by atoms with van der Waals surface area (Å²) in [5, 5.41) is 1.40. The van der Waals surface area contributed by atoms with E-state index >= 15 is 0 Å². The Labute approximate surface area is 103 Å². The number of hydrogen-bond acceptors (Lipinski definition) is 3. The fourth-order valence-electron chi connectivity index (χ4n) is 1.70. The molecule has 1 heterocycles. The molecule has 0 radical (unpaired) electrons. The van der Waals surface area contributed by atoms with Gasteiger partial charge in [0.2, 0.25) is 0 Å². The van der Waals surface area contributed by atoms with Crippen molar-refractivity contribution in [3.63, 3.8) is 0 Å². The zero-order valence-corrected chi connectivity index (χ0v) is 10.3. The van der Waals surface area contributed by atoms with Gasteiger partial charge in [0.15, 0.2) is 11.4 Å². The van der Waals surface area contributed by atoms with Crippen LogP contribution in [-0.4, -0.2) is 24.7 Å². The highest BCUT2D eigenvalue weighted by molar-refractivity contribution is 6.31. The molecule has 1 N–H and O–H groups in total. The van der Waals surface area contributed by atoms with E-state index in [0.717, 1.165) is 10.9 Å². The number of aromatic nitrogens is 1. The molecule has 90 valence electrons. The maximum Gasteiger partial charge on any atom is 0.358 e. The maximum absolute atomic E-state index is 11.7. The highest BCUT2D eigenvalue weighted by Crippen LogP contribution is 2.31. The van der Waals surface area contributed by atoms with Gasteiger partial charge in [-0.05, 0) is 25.1 Å². The lowest BCUT2D eigenvalue weighted by Gasteiger charge is -2.02. The number of methoxy groups -OCH3 is 1. The van der Waals surface area contributed by atoms with Crippen molar-refractivity contribution in [2.75, 3.05) is 13.7 Å². The fourth-order valence-corrected chi connectivity index (χ4v) is 1.88. The Morgan fingerprint density at radius 3 is 2.88 bits per heavy atom. The molecule has 2 rings (SSSR count). The number of esters is 1. The third-order valence-corrected chi connectivity index (χ3v) is 2.63. The summed E-state index contributed by atoms with van der Waals surface area (Å²) in [6, 6.07) is 5.28. The molecule has 0 aliphatic carbocycles. The van der Waals surface area contributed by atoms with E-state index < -0.39 is 5.97 Å². The van der Waals surface area contributed by atoms with E-state index in [1.165, 1.54) is 7.11 Å². The van der Waals surface area contributed by atoms with Gasteiger partial charge in [0, 0.05) is 10.4 Å². The number of fused-ring (bicyclic) bond motifs is 1. The van der Waals surface area contributed by atoms with Gasteiger partial charge in [0.05, 0.1) is 19.2 Å². The minimum atomic E-state index is -0.434. The molecule has 4 nitrogen and oxygen atoms in total. The molecular weight excluding hydrogens is 242 g/mol. The minimum absolute atomic E-state index is 0.312. The Balaban J connectivity index is 2.59. The molecule has 0 saturated carbocycles. The lowest BCUT2D eigenvalue weighted by Crippen LogP contribution is -2.06. The van der Waals surface area contributed by atoms with Gasteiger partial charge in [-0.1, -0.05) is 11.6 Å². The van der Waals surface area contributed by atoms with E-state index in [-0.39, 0.29) is 0 Å². The summed E-state index contributed by atoms with van der Waals surface area (Å²) < 4.78 is 10.2. The SMILES string of the molecule is CCOC(=O)c1[nH]c2cc(Cl)ccc2c1OC. The number of aromatic amines is 1. The molecule has 0 aliphatic rings. The largest absolute Gasteiger partial charge is 0.494 e. The Kier molecular flexibility index (Phi) is 3.24. The first-order valence-electron chi connectivity index (χ1n) is 5.19. The van der Waals surface area contributed by atoms with Crippen molar-refractivity contribution in [3.05, 3.63) is 28.9 Å². The Morgan fingerprint density at radius 1 is 1.47 bits per heavy atom. The Morgan fingerprint density at radius 2 is 2.24 bits per heavy atom. The first-order chi connectivity index (χ1) is 8.17. The number of benzene rings is 1. The van der Waals surface area contributed by atoms with Gasteiger partial charge in [0.1, 0.15) is 0 Å². The van der Waals surface area contributed by atoms with Crippen LogP contribution in [0.2, 0.25) is 5.02 Å². The predicted molar refractivity (Wildman–Crippen MR) is 65.8 cm³/mol. The number of H-pyrrole nitrogens is 1. The highest BCUT2D eigenvalue weighted by Gasteiger charge is 2.19. The fraction of sp³-hybridized carbons (Fsp3) is 0.250. The first kappa shape index (κ1) is 11.8. The van der Waals surface area contributed by atoms with Crippen molar-refractivity contribution in [1.82, 2.24) is 4.98 Å². The van der Waals surface area contributed by atoms with Crippen molar-refractivity contribution in [2.24, 2.45) is 0 Å². The van der Waals surface area contributed by atoms with Gasteiger partial charge >= 0.3 is 5.97 Å². The number of halogens is 1. The molecule has 0 fully saturated rings. The van der Waals surface area contributed by atoms with Gasteiger partial charge in [-0.2, -0.15) is 0 Å². The molecule has 17 heavy (non-hydrogen) atoms. The second kappa shape index (κ2) is 4.67. The van der Waals surface area contributed by atoms with Crippen molar-refractivity contribution < 1.29 is 14.3 Å². The van der Waals surface area contributed by atoms with Crippen LogP contribution in [0, 0.1) is 0 Å². The van der Waals surface area contributed by atoms with Crippen LogP contribution in [0.25, 0.3) is 10.9 Å². The monoisotopic (exact) mass is 253 g/mol. The number of nitrogens with one attached hydrogen (secondary N) is 1. The summed E-state index contributed by atoms with van der Waals surface area (Å²) in [5.41, 5.74) is 1.06. The number of carbonyl (C=O) groups is 1. The van der Waals surface area contributed by atoms with Crippen LogP contribution in [-0.2, 0) is 4.74 Å². The average molecular weight is 254 g/mol. The summed E-state index contributed by atoms with van der Waals surface area (Å²) in [6.45, 7) is 2.07. The molecule has 5 heteroatoms. The molecule has 1 aromatic carbocycles. The molecular formula is C12H12ClNO3. The summed E-state index contributed by atoms with van der Waals surface area (Å²) in [5.74, 6) is 0.0480. The summed E-state index contributed by atoms with van der Waals surface area (Å²) in [4.78, 5) is 14.7. The first-order valence-corrected chi connectivity index (χ1v) is 5.57. The highest BCUT2D eigenvalue weighted by atomic mass is 35.5. The van der Waals surface area contributed by atoms with E-state index in [1.54, 1.807) is 25.1 Å². The Hall–Kier alpha value is -1.68. The third kappa shape index (κ3) is 2.08. The van der Waals surface area contributed by atoms with E-state index in [9.17, 15) is 4.79 Å². The standard InChI is InChI=1S/C12H12ClNO3/c1-3-17-12(15)10-11(16-2)8-5-4-7(13)6-9(8)14-10/h4-6,14H,3H2,1-2H3. The van der Waals surface area contributed by atoms with Crippen LogP contribution in [0.3, 0.4) is 0 Å². The van der Waals surface area contributed by atoms with Crippen LogP contribution >= 0.6 is 11.6 Å². The molecule has 0 unspecified atom stereocenters. The van der Waals surface area contributed by atoms with E-state index in [4.69, 9.17) is 21.1 Å². The second-order valence-electron chi connectivity index (χ2n) is 3.44. The molecule has 0 bridgehead atoms.